The van der Waals surface area contributed by atoms with Crippen LogP contribution in [0, 0.1) is 6.92 Å². The van der Waals surface area contributed by atoms with Crippen molar-refractivity contribution in [2.75, 3.05) is 25.6 Å². The van der Waals surface area contributed by atoms with Crippen molar-refractivity contribution in [3.8, 4) is 0 Å². The molecule has 0 saturated heterocycles. The highest BCUT2D eigenvalue weighted by Gasteiger charge is 2.07. The number of hydrogen-bond acceptors (Lipinski definition) is 6. The van der Waals surface area contributed by atoms with Gasteiger partial charge in [-0.1, -0.05) is 12.6 Å². The molecule has 0 atom stereocenters. The molecule has 0 fully saturated rings. The Morgan fingerprint density at radius 1 is 1.25 bits per heavy atom. The second kappa shape index (κ2) is 8.70. The summed E-state index contributed by atoms with van der Waals surface area (Å²) in [6.07, 6.45) is 0. The van der Waals surface area contributed by atoms with Crippen LogP contribution in [-0.2, 0) is 14.3 Å². The smallest absolute Gasteiger partial charge is 0.337 e. The van der Waals surface area contributed by atoms with Crippen molar-refractivity contribution < 1.29 is 18.7 Å². The zero-order chi connectivity index (χ0) is 17.5. The Balaban J connectivity index is 1.81. The Hall–Kier alpha value is -2.05. The van der Waals surface area contributed by atoms with Crippen molar-refractivity contribution in [2.45, 2.75) is 18.7 Å². The van der Waals surface area contributed by atoms with E-state index in [0.29, 0.717) is 30.1 Å². The second-order valence-corrected chi connectivity index (χ2v) is 6.44. The van der Waals surface area contributed by atoms with E-state index in [2.05, 4.69) is 6.58 Å². The summed E-state index contributed by atoms with van der Waals surface area (Å²) in [6.45, 7) is 8.07. The van der Waals surface area contributed by atoms with Gasteiger partial charge in [0.25, 0.3) is 0 Å². The first-order chi connectivity index (χ1) is 11.5. The van der Waals surface area contributed by atoms with E-state index < -0.39 is 5.97 Å². The van der Waals surface area contributed by atoms with Gasteiger partial charge in [0.15, 0.2) is 0 Å². The molecule has 0 amide bonds. The van der Waals surface area contributed by atoms with Gasteiger partial charge in [-0.05, 0) is 31.5 Å². The Labute approximate surface area is 144 Å². The molecule has 2 aromatic rings. The number of thioether (sulfide) groups is 1. The van der Waals surface area contributed by atoms with E-state index in [-0.39, 0.29) is 12.2 Å². The average Bonchev–Trinajstić information content (AvgIpc) is 2.52. The molecule has 24 heavy (non-hydrogen) atoms. The molecule has 2 rings (SSSR count). The van der Waals surface area contributed by atoms with Crippen LogP contribution in [0.1, 0.15) is 12.5 Å². The van der Waals surface area contributed by atoms with Crippen molar-refractivity contribution in [3.63, 3.8) is 0 Å². The summed E-state index contributed by atoms with van der Waals surface area (Å²) in [7, 11) is 0. The van der Waals surface area contributed by atoms with Crippen molar-refractivity contribution in [2.24, 2.45) is 0 Å². The Morgan fingerprint density at radius 3 is 2.79 bits per heavy atom. The van der Waals surface area contributed by atoms with E-state index >= 15 is 0 Å². The number of fused-ring (bicyclic) bond motifs is 1. The van der Waals surface area contributed by atoms with Crippen LogP contribution >= 0.6 is 11.8 Å². The Bertz CT molecular complexity index is 794. The van der Waals surface area contributed by atoms with Crippen LogP contribution < -0.4 is 5.63 Å². The molecular weight excluding hydrogens is 328 g/mol. The Kier molecular flexibility index (Phi) is 6.63. The summed E-state index contributed by atoms with van der Waals surface area (Å²) < 4.78 is 15.6. The summed E-state index contributed by atoms with van der Waals surface area (Å²) >= 11 is 1.53. The molecule has 0 saturated carbocycles. The second-order valence-electron chi connectivity index (χ2n) is 5.31. The number of benzene rings is 1. The zero-order valence-electron chi connectivity index (χ0n) is 13.8. The van der Waals surface area contributed by atoms with Gasteiger partial charge in [-0.2, -0.15) is 0 Å². The number of carbonyl (C=O) groups is 1. The first kappa shape index (κ1) is 18.3. The maximum Gasteiger partial charge on any atom is 0.337 e. The third-order valence-corrected chi connectivity index (χ3v) is 4.18. The molecule has 0 aliphatic carbocycles. The third-order valence-electron chi connectivity index (χ3n) is 3.16. The van der Waals surface area contributed by atoms with Crippen molar-refractivity contribution in [1.82, 2.24) is 0 Å². The molecule has 0 spiro atoms. The minimum absolute atomic E-state index is 0.202. The number of ether oxygens (including phenoxy) is 2. The van der Waals surface area contributed by atoms with Gasteiger partial charge in [0.05, 0.1) is 13.2 Å². The molecule has 0 unspecified atom stereocenters. The molecule has 0 bridgehead atoms. The summed E-state index contributed by atoms with van der Waals surface area (Å²) in [5.74, 6) is 0.270. The molecule has 1 aromatic carbocycles. The topological polar surface area (TPSA) is 65.7 Å². The third kappa shape index (κ3) is 5.25. The van der Waals surface area contributed by atoms with E-state index in [9.17, 15) is 9.59 Å². The van der Waals surface area contributed by atoms with Gasteiger partial charge in [-0.15, -0.1) is 11.8 Å². The molecule has 0 radical (unpaired) electrons. The lowest BCUT2D eigenvalue weighted by Gasteiger charge is -2.07. The van der Waals surface area contributed by atoms with E-state index in [1.807, 2.05) is 25.1 Å². The summed E-state index contributed by atoms with van der Waals surface area (Å²) in [4.78, 5) is 23.7. The fourth-order valence-corrected chi connectivity index (χ4v) is 2.91. The monoisotopic (exact) mass is 348 g/mol. The first-order valence-electron chi connectivity index (χ1n) is 7.55. The molecule has 1 heterocycles. The number of hydrogen-bond donors (Lipinski definition) is 0. The van der Waals surface area contributed by atoms with Crippen molar-refractivity contribution >= 4 is 28.7 Å². The molecule has 0 N–H and O–H groups in total. The highest BCUT2D eigenvalue weighted by molar-refractivity contribution is 7.99. The Morgan fingerprint density at radius 2 is 2.04 bits per heavy atom. The molecule has 5 nitrogen and oxygen atoms in total. The standard InChI is InChI=1S/C18H20O5S/c1-12(2)18(20)22-7-6-21-8-9-24-16-11-17(19)23-15-10-13(3)4-5-14(15)16/h4-5,10-11H,1,6-9H2,2-3H3. The number of aryl methyl sites for hydroxylation is 1. The zero-order valence-corrected chi connectivity index (χ0v) is 14.6. The van der Waals surface area contributed by atoms with Gasteiger partial charge < -0.3 is 13.9 Å². The quantitative estimate of drug-likeness (QED) is 0.240. The highest BCUT2D eigenvalue weighted by atomic mass is 32.2. The van der Waals surface area contributed by atoms with Crippen LogP contribution in [0.3, 0.4) is 0 Å². The van der Waals surface area contributed by atoms with Crippen LogP contribution in [0.2, 0.25) is 0 Å². The summed E-state index contributed by atoms with van der Waals surface area (Å²) in [5.41, 5.74) is 1.65. The van der Waals surface area contributed by atoms with Gasteiger partial charge >= 0.3 is 11.6 Å². The fourth-order valence-electron chi connectivity index (χ4n) is 1.99. The van der Waals surface area contributed by atoms with Gasteiger partial charge in [0, 0.05) is 27.7 Å². The maximum absolute atomic E-state index is 11.6. The van der Waals surface area contributed by atoms with Crippen LogP contribution in [0.4, 0.5) is 0 Å². The molecule has 1 aromatic heterocycles. The number of rotatable bonds is 8. The fraction of sp³-hybridized carbons (Fsp3) is 0.333. The maximum atomic E-state index is 11.6. The van der Waals surface area contributed by atoms with Gasteiger partial charge in [0.2, 0.25) is 0 Å². The summed E-state index contributed by atoms with van der Waals surface area (Å²) in [5, 5.41) is 0.917. The van der Waals surface area contributed by atoms with Crippen LogP contribution in [0.5, 0.6) is 0 Å². The molecule has 6 heteroatoms. The normalized spacial score (nSPS) is 10.8. The van der Waals surface area contributed by atoms with E-state index in [4.69, 9.17) is 13.9 Å². The summed E-state index contributed by atoms with van der Waals surface area (Å²) in [6, 6.07) is 7.29. The van der Waals surface area contributed by atoms with Gasteiger partial charge in [-0.25, -0.2) is 9.59 Å². The van der Waals surface area contributed by atoms with E-state index in [0.717, 1.165) is 15.8 Å². The van der Waals surface area contributed by atoms with Gasteiger partial charge in [0.1, 0.15) is 12.2 Å². The van der Waals surface area contributed by atoms with Crippen molar-refractivity contribution in [3.05, 3.63) is 52.4 Å². The van der Waals surface area contributed by atoms with Crippen LogP contribution in [0.25, 0.3) is 11.0 Å². The lowest BCUT2D eigenvalue weighted by molar-refractivity contribution is -0.140. The van der Waals surface area contributed by atoms with Gasteiger partial charge in [-0.3, -0.25) is 0 Å². The predicted octanol–water partition coefficient (Wildman–Crippen LogP) is 3.33. The van der Waals surface area contributed by atoms with E-state index in [1.165, 1.54) is 17.8 Å². The minimum Gasteiger partial charge on any atom is -0.460 e. The molecule has 128 valence electrons. The molecule has 0 aliphatic rings. The SMILES string of the molecule is C=C(C)C(=O)OCCOCCSc1cc(=O)oc2cc(C)ccc12. The average molecular weight is 348 g/mol. The predicted molar refractivity (Wildman–Crippen MR) is 94.5 cm³/mol. The van der Waals surface area contributed by atoms with Crippen LogP contribution in [-0.4, -0.2) is 31.5 Å². The van der Waals surface area contributed by atoms with Crippen LogP contribution in [0.15, 0.2) is 50.5 Å². The van der Waals surface area contributed by atoms with E-state index in [1.54, 1.807) is 6.92 Å². The lowest BCUT2D eigenvalue weighted by Crippen LogP contribution is -2.11. The molecule has 0 aliphatic heterocycles. The first-order valence-corrected chi connectivity index (χ1v) is 8.53. The molecular formula is C18H20O5S. The lowest BCUT2D eigenvalue weighted by atomic mass is 10.2. The van der Waals surface area contributed by atoms with Crippen molar-refractivity contribution in [1.29, 1.82) is 0 Å². The largest absolute Gasteiger partial charge is 0.460 e. The minimum atomic E-state index is -0.411. The number of carbonyl (C=O) groups excluding carboxylic acids is 1. The highest BCUT2D eigenvalue weighted by Crippen LogP contribution is 2.26. The number of esters is 1.